The van der Waals surface area contributed by atoms with E-state index in [1.54, 1.807) is 0 Å². The minimum atomic E-state index is 0.951. The second kappa shape index (κ2) is 29.7. The summed E-state index contributed by atoms with van der Waals surface area (Å²) in [6, 6.07) is 156. The molecule has 22 rings (SSSR count). The molecular formula is C112H72N4. The Morgan fingerprint density at radius 2 is 0.379 bits per heavy atom. The van der Waals surface area contributed by atoms with Gasteiger partial charge in [-0.15, -0.1) is 0 Å². The normalized spacial score (nSPS) is 11.4. The van der Waals surface area contributed by atoms with Crippen LogP contribution in [0.4, 0.5) is 0 Å². The molecule has 0 bridgehead atoms. The minimum absolute atomic E-state index is 0.951. The molecule has 0 fully saturated rings. The summed E-state index contributed by atoms with van der Waals surface area (Å²) in [7, 11) is 0. The molecular weight excluding hydrogens is 1400 g/mol. The van der Waals surface area contributed by atoms with Crippen molar-refractivity contribution in [3.05, 3.63) is 437 Å². The maximum Gasteiger partial charge on any atom is 0.0794 e. The van der Waals surface area contributed by atoms with Crippen molar-refractivity contribution < 1.29 is 0 Å². The highest BCUT2D eigenvalue weighted by molar-refractivity contribution is 6.19. The quantitative estimate of drug-likeness (QED) is 0.0903. The Hall–Kier alpha value is -15.4. The van der Waals surface area contributed by atoms with Gasteiger partial charge in [0.15, 0.2) is 0 Å². The molecule has 0 saturated carbocycles. The van der Waals surface area contributed by atoms with Gasteiger partial charge in [0.05, 0.1) is 44.7 Å². The Kier molecular flexibility index (Phi) is 17.6. The predicted molar refractivity (Wildman–Crippen MR) is 489 cm³/mol. The average molecular weight is 1470 g/mol. The van der Waals surface area contributed by atoms with Gasteiger partial charge in [-0.3, -0.25) is 0 Å². The van der Waals surface area contributed by atoms with Crippen LogP contribution in [0.15, 0.2) is 437 Å². The fraction of sp³-hybridized carbons (Fsp3) is 0. The first-order valence-corrected chi connectivity index (χ1v) is 39.6. The van der Waals surface area contributed by atoms with Crippen LogP contribution in [-0.2, 0) is 0 Å². The van der Waals surface area contributed by atoms with Crippen molar-refractivity contribution in [3.8, 4) is 134 Å². The maximum absolute atomic E-state index is 5.47. The number of hydrogen-bond acceptors (Lipinski definition) is 4. The Morgan fingerprint density at radius 1 is 0.129 bits per heavy atom. The van der Waals surface area contributed by atoms with E-state index in [9.17, 15) is 0 Å². The molecule has 22 aromatic rings. The van der Waals surface area contributed by atoms with Gasteiger partial charge in [-0.1, -0.05) is 394 Å². The summed E-state index contributed by atoms with van der Waals surface area (Å²) in [5.74, 6) is 0. The van der Waals surface area contributed by atoms with E-state index < -0.39 is 0 Å². The number of aromatic nitrogens is 4. The van der Waals surface area contributed by atoms with E-state index in [0.29, 0.717) is 0 Å². The summed E-state index contributed by atoms with van der Waals surface area (Å²) < 4.78 is 0. The number of fused-ring (bicyclic) bond motifs is 11. The highest BCUT2D eigenvalue weighted by Crippen LogP contribution is 2.46. The van der Waals surface area contributed by atoms with Crippen LogP contribution in [0.2, 0.25) is 0 Å². The summed E-state index contributed by atoms with van der Waals surface area (Å²) in [4.78, 5) is 21.1. The van der Waals surface area contributed by atoms with Crippen LogP contribution in [0.5, 0.6) is 0 Å². The summed E-state index contributed by atoms with van der Waals surface area (Å²) in [6.45, 7) is 0. The van der Waals surface area contributed by atoms with Crippen LogP contribution >= 0.6 is 0 Å². The van der Waals surface area contributed by atoms with Gasteiger partial charge in [-0.2, -0.15) is 0 Å². The van der Waals surface area contributed by atoms with Crippen LogP contribution in [-0.4, -0.2) is 19.9 Å². The van der Waals surface area contributed by atoms with Gasteiger partial charge in [0.2, 0.25) is 0 Å². The van der Waals surface area contributed by atoms with Gasteiger partial charge < -0.3 is 0 Å². The van der Waals surface area contributed by atoms with E-state index >= 15 is 0 Å². The van der Waals surface area contributed by atoms with Gasteiger partial charge in [0.25, 0.3) is 0 Å². The Morgan fingerprint density at radius 3 is 0.750 bits per heavy atom. The molecule has 116 heavy (non-hydrogen) atoms. The molecule has 0 spiro atoms. The number of nitrogens with zero attached hydrogens (tertiary/aromatic N) is 4. The molecule has 0 atom stereocenters. The third-order valence-corrected chi connectivity index (χ3v) is 23.0. The largest absolute Gasteiger partial charge is 0.248 e. The summed E-state index contributed by atoms with van der Waals surface area (Å²) in [5.41, 5.74) is 32.4. The zero-order valence-corrected chi connectivity index (χ0v) is 63.4. The second-order valence-corrected chi connectivity index (χ2v) is 29.8. The summed E-state index contributed by atoms with van der Waals surface area (Å²) in [6.07, 6.45) is 0. The minimum Gasteiger partial charge on any atom is -0.248 e. The van der Waals surface area contributed by atoms with E-state index in [1.165, 1.54) is 88.3 Å². The third-order valence-electron chi connectivity index (χ3n) is 23.0. The zero-order valence-electron chi connectivity index (χ0n) is 63.4. The summed E-state index contributed by atoms with van der Waals surface area (Å²) in [5, 5.41) is 12.7. The van der Waals surface area contributed by atoms with E-state index in [0.717, 1.165) is 132 Å². The van der Waals surface area contributed by atoms with Gasteiger partial charge in [0.1, 0.15) is 0 Å². The van der Waals surface area contributed by atoms with Gasteiger partial charge >= 0.3 is 0 Å². The van der Waals surface area contributed by atoms with Gasteiger partial charge in [-0.05, 0) is 153 Å². The van der Waals surface area contributed by atoms with Crippen LogP contribution in [0, 0.1) is 0 Å². The first-order chi connectivity index (χ1) is 57.5. The van der Waals surface area contributed by atoms with Crippen LogP contribution in [0.25, 0.3) is 221 Å². The molecule has 0 saturated heterocycles. The lowest BCUT2D eigenvalue weighted by Gasteiger charge is -2.17. The number of para-hydroxylation sites is 3. The summed E-state index contributed by atoms with van der Waals surface area (Å²) >= 11 is 0. The van der Waals surface area contributed by atoms with Crippen molar-refractivity contribution >= 4 is 86.8 Å². The molecule has 0 aliphatic rings. The average Bonchev–Trinajstić information content (AvgIpc) is 0.744. The van der Waals surface area contributed by atoms with Crippen molar-refractivity contribution in [1.82, 2.24) is 19.9 Å². The molecule has 0 radical (unpaired) electrons. The predicted octanol–water partition coefficient (Wildman–Crippen LogP) is 30.2. The van der Waals surface area contributed by atoms with Crippen LogP contribution in [0.3, 0.4) is 0 Å². The van der Waals surface area contributed by atoms with E-state index in [-0.39, 0.29) is 0 Å². The first-order valence-electron chi connectivity index (χ1n) is 39.6. The number of pyridine rings is 4. The van der Waals surface area contributed by atoms with Crippen molar-refractivity contribution in [2.75, 3.05) is 0 Å². The lowest BCUT2D eigenvalue weighted by molar-refractivity contribution is 1.41. The van der Waals surface area contributed by atoms with Crippen LogP contribution in [0.1, 0.15) is 0 Å². The molecule has 540 valence electrons. The SMILES string of the molecule is c1ccc(-c2ccc(-c3cc(-c4ccc(-c5ccccc5)cc4)c4cc(-c5ccc(-c6c7ccccc7nc7ccccc67)cc5)c5ccccc5c4n3)cc2)cc1.c1ccc(-c2ccc(-c3cc(-c4ccc(-c5ccccc5)cc4)c4cc(-c5ccc(-c6nc7ccccc7c7ccccc67)cc5)c5ccccc5c4n3)cc2)cc1. The molecule has 0 aliphatic heterocycles. The highest BCUT2D eigenvalue weighted by atomic mass is 14.7. The first kappa shape index (κ1) is 68.7. The smallest absolute Gasteiger partial charge is 0.0794 e. The van der Waals surface area contributed by atoms with Crippen molar-refractivity contribution in [1.29, 1.82) is 0 Å². The monoisotopic (exact) mass is 1470 g/mol. The van der Waals surface area contributed by atoms with Gasteiger partial charge in [-0.25, -0.2) is 19.9 Å². The molecule has 0 aliphatic carbocycles. The molecule has 18 aromatic carbocycles. The lowest BCUT2D eigenvalue weighted by Crippen LogP contribution is -1.94. The number of rotatable bonds is 12. The van der Waals surface area contributed by atoms with Crippen molar-refractivity contribution in [2.45, 2.75) is 0 Å². The number of benzene rings is 18. The van der Waals surface area contributed by atoms with Gasteiger partial charge in [0, 0.05) is 65.3 Å². The van der Waals surface area contributed by atoms with E-state index in [2.05, 4.69) is 437 Å². The van der Waals surface area contributed by atoms with E-state index in [1.807, 2.05) is 0 Å². The fourth-order valence-electron chi connectivity index (χ4n) is 17.1. The molecule has 4 heterocycles. The van der Waals surface area contributed by atoms with Crippen molar-refractivity contribution in [2.24, 2.45) is 0 Å². The molecule has 0 N–H and O–H groups in total. The molecule has 0 amide bonds. The number of hydrogen-bond donors (Lipinski definition) is 0. The Bertz CT molecular complexity index is 7390. The second-order valence-electron chi connectivity index (χ2n) is 29.8. The molecule has 4 nitrogen and oxygen atoms in total. The third kappa shape index (κ3) is 12.8. The molecule has 4 aromatic heterocycles. The zero-order chi connectivity index (χ0) is 76.8. The standard InChI is InChI=1S/2C56H36N2/c1-3-13-37(14-4-1)39-23-27-42(28-24-39)51-36-54(43-31-25-40(26-32-43)38-15-5-2-6-16-38)58-56-49-21-10-8-18-46(49)50(35-52(51)56)41-29-33-44(34-30-41)55-48-20-9-7-17-45(48)47-19-11-12-22-53(47)57-55;1-3-13-37(14-4-1)39-23-27-42(28-24-39)50-36-54(43-31-25-40(26-32-43)38-15-5-2-6-16-38)58-56-46-18-8-7-17-45(46)49(35-51(50)56)41-29-33-44(34-30-41)55-47-19-9-11-21-52(47)57-53-22-12-10-20-48(53)55/h2*1-36H. The maximum atomic E-state index is 5.47. The Balaban J connectivity index is 0.000000145. The fourth-order valence-corrected chi connectivity index (χ4v) is 17.1. The topological polar surface area (TPSA) is 51.6 Å². The Labute approximate surface area is 673 Å². The van der Waals surface area contributed by atoms with Crippen LogP contribution < -0.4 is 0 Å². The lowest BCUT2D eigenvalue weighted by atomic mass is 9.89. The van der Waals surface area contributed by atoms with E-state index in [4.69, 9.17) is 19.9 Å². The molecule has 0 unspecified atom stereocenters. The molecule has 4 heteroatoms. The van der Waals surface area contributed by atoms with Crippen molar-refractivity contribution in [3.63, 3.8) is 0 Å². The highest BCUT2D eigenvalue weighted by Gasteiger charge is 2.22.